The second kappa shape index (κ2) is 8.32. The second-order valence-corrected chi connectivity index (χ2v) is 9.81. The average molecular weight is 465 g/mol. The highest BCUT2D eigenvalue weighted by Crippen LogP contribution is 2.25. The van der Waals surface area contributed by atoms with E-state index in [0.717, 1.165) is 18.2 Å². The first-order valence-electron chi connectivity index (χ1n) is 8.64. The first-order chi connectivity index (χ1) is 14.5. The molecule has 0 fully saturated rings. The molecular formula is C19H16FN3O6S2. The Balaban J connectivity index is 1.80. The molecule has 0 aromatic heterocycles. The molecule has 2 N–H and O–H groups in total. The van der Waals surface area contributed by atoms with Crippen LogP contribution in [0.15, 0.2) is 76.5 Å². The molecule has 0 spiro atoms. The minimum Gasteiger partial charge on any atom is -0.280 e. The molecule has 0 saturated carbocycles. The number of benzene rings is 3. The van der Waals surface area contributed by atoms with E-state index in [9.17, 15) is 31.3 Å². The molecule has 0 aliphatic rings. The van der Waals surface area contributed by atoms with E-state index in [1.165, 1.54) is 55.5 Å². The summed E-state index contributed by atoms with van der Waals surface area (Å²) in [5.41, 5.74) is 0.194. The van der Waals surface area contributed by atoms with E-state index in [-0.39, 0.29) is 26.9 Å². The summed E-state index contributed by atoms with van der Waals surface area (Å²) in [6, 6.07) is 13.1. The Morgan fingerprint density at radius 1 is 0.774 bits per heavy atom. The van der Waals surface area contributed by atoms with Gasteiger partial charge in [0, 0.05) is 23.0 Å². The molecule has 0 radical (unpaired) electrons. The fraction of sp³-hybridized carbons (Fsp3) is 0.0526. The van der Waals surface area contributed by atoms with Gasteiger partial charge in [0.25, 0.3) is 25.7 Å². The van der Waals surface area contributed by atoms with Gasteiger partial charge in [-0.15, -0.1) is 0 Å². The van der Waals surface area contributed by atoms with Crippen LogP contribution >= 0.6 is 0 Å². The zero-order valence-corrected chi connectivity index (χ0v) is 17.6. The first kappa shape index (κ1) is 22.2. The summed E-state index contributed by atoms with van der Waals surface area (Å²) in [4.78, 5) is 9.92. The number of rotatable bonds is 7. The summed E-state index contributed by atoms with van der Waals surface area (Å²) >= 11 is 0. The van der Waals surface area contributed by atoms with Gasteiger partial charge in [-0.1, -0.05) is 6.07 Å². The summed E-state index contributed by atoms with van der Waals surface area (Å²) in [6.45, 7) is 1.49. The summed E-state index contributed by atoms with van der Waals surface area (Å²) in [6.07, 6.45) is 0. The fourth-order valence-corrected chi connectivity index (χ4v) is 4.74. The minimum absolute atomic E-state index is 0.0592. The minimum atomic E-state index is -4.14. The summed E-state index contributed by atoms with van der Waals surface area (Å²) in [5, 5.41) is 11.0. The van der Waals surface area contributed by atoms with Crippen molar-refractivity contribution < 1.29 is 26.1 Å². The van der Waals surface area contributed by atoms with E-state index in [1.807, 2.05) is 0 Å². The smallest absolute Gasteiger partial charge is 0.273 e. The van der Waals surface area contributed by atoms with Crippen molar-refractivity contribution in [3.63, 3.8) is 0 Å². The molecule has 0 heterocycles. The zero-order chi connectivity index (χ0) is 22.8. The van der Waals surface area contributed by atoms with Gasteiger partial charge >= 0.3 is 0 Å². The Morgan fingerprint density at radius 2 is 1.23 bits per heavy atom. The monoisotopic (exact) mass is 465 g/mol. The maximum absolute atomic E-state index is 13.0. The Hall–Kier alpha value is -3.51. The van der Waals surface area contributed by atoms with Gasteiger partial charge in [0.15, 0.2) is 0 Å². The van der Waals surface area contributed by atoms with Gasteiger partial charge in [-0.3, -0.25) is 19.6 Å². The number of anilines is 2. The predicted molar refractivity (Wildman–Crippen MR) is 112 cm³/mol. The van der Waals surface area contributed by atoms with E-state index in [4.69, 9.17) is 0 Å². The Kier molecular flexibility index (Phi) is 5.95. The Morgan fingerprint density at radius 3 is 1.74 bits per heavy atom. The molecule has 0 saturated heterocycles. The molecule has 0 aliphatic carbocycles. The van der Waals surface area contributed by atoms with Crippen molar-refractivity contribution in [1.82, 2.24) is 0 Å². The number of sulfonamides is 2. The molecule has 0 aliphatic heterocycles. The zero-order valence-electron chi connectivity index (χ0n) is 15.9. The molecule has 9 nitrogen and oxygen atoms in total. The average Bonchev–Trinajstić information content (AvgIpc) is 2.69. The van der Waals surface area contributed by atoms with Gasteiger partial charge in [-0.05, 0) is 61.5 Å². The molecule has 3 aromatic rings. The lowest BCUT2D eigenvalue weighted by atomic mass is 10.2. The number of nitrogens with zero attached hydrogens (tertiary/aromatic N) is 1. The highest BCUT2D eigenvalue weighted by molar-refractivity contribution is 7.93. The molecule has 12 heteroatoms. The lowest BCUT2D eigenvalue weighted by Crippen LogP contribution is -2.15. The maximum atomic E-state index is 13.0. The highest BCUT2D eigenvalue weighted by atomic mass is 32.2. The number of halogens is 1. The van der Waals surface area contributed by atoms with Gasteiger partial charge in [0.2, 0.25) is 0 Å². The van der Waals surface area contributed by atoms with E-state index in [0.29, 0.717) is 5.56 Å². The third-order valence-electron chi connectivity index (χ3n) is 4.20. The standard InChI is InChI=1S/C19H16FN3O6S2/c1-13-2-9-18(12-19(13)23(24)25)31(28,29)22-16-7-10-17(11-8-16)30(26,27)21-15-5-3-14(20)4-6-15/h2-12,21-22H,1H3. The van der Waals surface area contributed by atoms with Crippen molar-refractivity contribution in [3.8, 4) is 0 Å². The van der Waals surface area contributed by atoms with Crippen LogP contribution in [-0.4, -0.2) is 21.8 Å². The quantitative estimate of drug-likeness (QED) is 0.404. The van der Waals surface area contributed by atoms with Crippen LogP contribution < -0.4 is 9.44 Å². The molecule has 0 atom stereocenters. The van der Waals surface area contributed by atoms with Crippen molar-refractivity contribution in [3.05, 3.63) is 88.2 Å². The summed E-state index contributed by atoms with van der Waals surface area (Å²) < 4.78 is 67.4. The SMILES string of the molecule is Cc1ccc(S(=O)(=O)Nc2ccc(S(=O)(=O)Nc3ccc(F)cc3)cc2)cc1[N+](=O)[O-]. The van der Waals surface area contributed by atoms with Crippen LogP contribution in [0.2, 0.25) is 0 Å². The maximum Gasteiger partial charge on any atom is 0.273 e. The number of nitro groups is 1. The molecule has 0 unspecified atom stereocenters. The molecule has 3 aromatic carbocycles. The summed E-state index contributed by atoms with van der Waals surface area (Å²) in [5.74, 6) is -0.515. The van der Waals surface area contributed by atoms with E-state index in [1.54, 1.807) is 0 Å². The number of hydrogen-bond donors (Lipinski definition) is 2. The topological polar surface area (TPSA) is 135 Å². The Bertz CT molecular complexity index is 1340. The highest BCUT2D eigenvalue weighted by Gasteiger charge is 2.20. The predicted octanol–water partition coefficient (Wildman–Crippen LogP) is 3.64. The van der Waals surface area contributed by atoms with Gasteiger partial charge in [0.05, 0.1) is 14.7 Å². The third kappa shape index (κ3) is 5.16. The lowest BCUT2D eigenvalue weighted by molar-refractivity contribution is -0.385. The van der Waals surface area contributed by atoms with Gasteiger partial charge < -0.3 is 0 Å². The number of nitrogens with one attached hydrogen (secondary N) is 2. The molecular weight excluding hydrogens is 449 g/mol. The third-order valence-corrected chi connectivity index (χ3v) is 6.98. The van der Waals surface area contributed by atoms with Crippen molar-refractivity contribution in [2.75, 3.05) is 9.44 Å². The van der Waals surface area contributed by atoms with E-state index < -0.39 is 30.8 Å². The first-order valence-corrected chi connectivity index (χ1v) is 11.6. The van der Waals surface area contributed by atoms with Gasteiger partial charge in [-0.25, -0.2) is 21.2 Å². The van der Waals surface area contributed by atoms with Gasteiger partial charge in [0.1, 0.15) is 5.82 Å². The molecule has 162 valence electrons. The lowest BCUT2D eigenvalue weighted by Gasteiger charge is -2.11. The normalized spacial score (nSPS) is 11.7. The molecule has 31 heavy (non-hydrogen) atoms. The largest absolute Gasteiger partial charge is 0.280 e. The van der Waals surface area contributed by atoms with Crippen LogP contribution in [-0.2, 0) is 20.0 Å². The number of aryl methyl sites for hydroxylation is 1. The second-order valence-electron chi connectivity index (χ2n) is 6.45. The van der Waals surface area contributed by atoms with Crippen molar-refractivity contribution in [2.24, 2.45) is 0 Å². The van der Waals surface area contributed by atoms with E-state index in [2.05, 4.69) is 9.44 Å². The van der Waals surface area contributed by atoms with Crippen LogP contribution in [0.25, 0.3) is 0 Å². The fourth-order valence-electron chi connectivity index (χ4n) is 2.60. The van der Waals surface area contributed by atoms with Crippen LogP contribution in [0.3, 0.4) is 0 Å². The summed E-state index contributed by atoms with van der Waals surface area (Å²) in [7, 11) is -8.13. The van der Waals surface area contributed by atoms with Crippen LogP contribution in [0.1, 0.15) is 5.56 Å². The Labute approximate surface area is 177 Å². The van der Waals surface area contributed by atoms with Crippen molar-refractivity contribution in [1.29, 1.82) is 0 Å². The van der Waals surface area contributed by atoms with Crippen LogP contribution in [0.4, 0.5) is 21.5 Å². The molecule has 0 amide bonds. The van der Waals surface area contributed by atoms with E-state index >= 15 is 0 Å². The van der Waals surface area contributed by atoms with Crippen LogP contribution in [0.5, 0.6) is 0 Å². The number of nitro benzene ring substituents is 1. The number of hydrogen-bond acceptors (Lipinski definition) is 6. The van der Waals surface area contributed by atoms with Crippen molar-refractivity contribution >= 4 is 37.1 Å². The van der Waals surface area contributed by atoms with Crippen molar-refractivity contribution in [2.45, 2.75) is 16.7 Å². The van der Waals surface area contributed by atoms with Crippen LogP contribution in [0, 0.1) is 22.9 Å². The molecule has 3 rings (SSSR count). The van der Waals surface area contributed by atoms with Gasteiger partial charge in [-0.2, -0.15) is 0 Å². The molecule has 0 bridgehead atoms.